The Bertz CT molecular complexity index is 408. The minimum absolute atomic E-state index is 0.118. The van der Waals surface area contributed by atoms with Crippen molar-refractivity contribution in [1.82, 2.24) is 0 Å². The average molecular weight is 250 g/mol. The molecule has 0 saturated heterocycles. The maximum Gasteiger partial charge on any atom is 0.313 e. The molecule has 18 heavy (non-hydrogen) atoms. The molecule has 0 aliphatic rings. The van der Waals surface area contributed by atoms with Crippen LogP contribution in [0, 0.1) is 0 Å². The number of hydrogen-bond acceptors (Lipinski definition) is 3. The summed E-state index contributed by atoms with van der Waals surface area (Å²) in [6.07, 6.45) is 0.621. The quantitative estimate of drug-likeness (QED) is 0.787. The highest BCUT2D eigenvalue weighted by Crippen LogP contribution is 2.18. The summed E-state index contributed by atoms with van der Waals surface area (Å²) in [7, 11) is 0. The number of carbonyl (C=O) groups is 2. The predicted octanol–water partition coefficient (Wildman–Crippen LogP) is 2.37. The Morgan fingerprint density at radius 3 is 2.39 bits per heavy atom. The molecule has 0 bridgehead atoms. The summed E-state index contributed by atoms with van der Waals surface area (Å²) in [5, 5.41) is 8.59. The Labute approximate surface area is 107 Å². The number of benzene rings is 1. The van der Waals surface area contributed by atoms with Crippen molar-refractivity contribution in [3.05, 3.63) is 35.4 Å². The molecule has 0 radical (unpaired) electrons. The van der Waals surface area contributed by atoms with Gasteiger partial charge in [0.2, 0.25) is 0 Å². The third-order valence-electron chi connectivity index (χ3n) is 2.75. The van der Waals surface area contributed by atoms with Crippen molar-refractivity contribution < 1.29 is 19.4 Å². The van der Waals surface area contributed by atoms with Gasteiger partial charge in [-0.1, -0.05) is 24.3 Å². The van der Waals surface area contributed by atoms with E-state index in [4.69, 9.17) is 9.84 Å². The summed E-state index contributed by atoms with van der Waals surface area (Å²) in [6, 6.07) is 7.40. The third kappa shape index (κ3) is 4.20. The SMILES string of the molecule is CCOC(=O)[C@@H](C)c1ccc(CCC(=O)O)cc1. The molecule has 0 fully saturated rings. The van der Waals surface area contributed by atoms with E-state index in [-0.39, 0.29) is 18.3 Å². The lowest BCUT2D eigenvalue weighted by Gasteiger charge is -2.11. The van der Waals surface area contributed by atoms with Crippen LogP contribution in [0.2, 0.25) is 0 Å². The zero-order chi connectivity index (χ0) is 13.5. The Balaban J connectivity index is 2.64. The zero-order valence-electron chi connectivity index (χ0n) is 10.7. The molecule has 0 aromatic heterocycles. The maximum atomic E-state index is 11.5. The summed E-state index contributed by atoms with van der Waals surface area (Å²) in [5.74, 6) is -1.34. The minimum atomic E-state index is -0.807. The van der Waals surface area contributed by atoms with Crippen molar-refractivity contribution in [3.63, 3.8) is 0 Å². The van der Waals surface area contributed by atoms with Crippen molar-refractivity contribution in [3.8, 4) is 0 Å². The van der Waals surface area contributed by atoms with Crippen molar-refractivity contribution >= 4 is 11.9 Å². The number of aliphatic carboxylic acids is 1. The molecule has 1 atom stereocenters. The number of esters is 1. The molecule has 1 aromatic rings. The summed E-state index contributed by atoms with van der Waals surface area (Å²) in [4.78, 5) is 22.0. The van der Waals surface area contributed by atoms with E-state index in [9.17, 15) is 9.59 Å². The zero-order valence-corrected chi connectivity index (χ0v) is 10.7. The van der Waals surface area contributed by atoms with E-state index in [0.29, 0.717) is 13.0 Å². The van der Waals surface area contributed by atoms with Gasteiger partial charge in [0, 0.05) is 6.42 Å². The Morgan fingerprint density at radius 1 is 1.28 bits per heavy atom. The number of hydrogen-bond donors (Lipinski definition) is 1. The van der Waals surface area contributed by atoms with Gasteiger partial charge < -0.3 is 9.84 Å². The van der Waals surface area contributed by atoms with Gasteiger partial charge in [0.15, 0.2) is 0 Å². The van der Waals surface area contributed by atoms with Gasteiger partial charge in [-0.15, -0.1) is 0 Å². The molecule has 0 heterocycles. The van der Waals surface area contributed by atoms with E-state index in [1.165, 1.54) is 0 Å². The molecular weight excluding hydrogens is 232 g/mol. The van der Waals surface area contributed by atoms with Gasteiger partial charge in [0.05, 0.1) is 12.5 Å². The highest BCUT2D eigenvalue weighted by Gasteiger charge is 2.15. The number of carboxylic acid groups (broad SMARTS) is 1. The first-order valence-electron chi connectivity index (χ1n) is 6.01. The molecule has 4 heteroatoms. The molecule has 0 aliphatic heterocycles. The van der Waals surface area contributed by atoms with E-state index >= 15 is 0 Å². The number of carboxylic acids is 1. The Morgan fingerprint density at radius 2 is 1.89 bits per heavy atom. The van der Waals surface area contributed by atoms with Crippen LogP contribution < -0.4 is 0 Å². The first-order chi connectivity index (χ1) is 8.54. The van der Waals surface area contributed by atoms with Crippen LogP contribution in [0.4, 0.5) is 0 Å². The van der Waals surface area contributed by atoms with Crippen LogP contribution in [-0.4, -0.2) is 23.7 Å². The van der Waals surface area contributed by atoms with Crippen molar-refractivity contribution in [2.45, 2.75) is 32.6 Å². The Hall–Kier alpha value is -1.84. The molecule has 1 rings (SSSR count). The van der Waals surface area contributed by atoms with Crippen LogP contribution >= 0.6 is 0 Å². The van der Waals surface area contributed by atoms with Gasteiger partial charge in [-0.3, -0.25) is 9.59 Å². The number of aryl methyl sites for hydroxylation is 1. The summed E-state index contributed by atoms with van der Waals surface area (Å²) in [5.41, 5.74) is 1.84. The number of carbonyl (C=O) groups excluding carboxylic acids is 1. The fourth-order valence-electron chi connectivity index (χ4n) is 1.63. The van der Waals surface area contributed by atoms with Crippen LogP contribution in [-0.2, 0) is 20.7 Å². The summed E-state index contributed by atoms with van der Waals surface area (Å²) in [6.45, 7) is 3.95. The molecular formula is C14H18O4. The predicted molar refractivity (Wildman–Crippen MR) is 67.4 cm³/mol. The number of rotatable bonds is 6. The van der Waals surface area contributed by atoms with E-state index < -0.39 is 5.97 Å². The lowest BCUT2D eigenvalue weighted by molar-refractivity contribution is -0.144. The van der Waals surface area contributed by atoms with Gasteiger partial charge in [-0.2, -0.15) is 0 Å². The van der Waals surface area contributed by atoms with Crippen LogP contribution in [0.5, 0.6) is 0 Å². The van der Waals surface area contributed by atoms with E-state index in [1.807, 2.05) is 24.3 Å². The van der Waals surface area contributed by atoms with Crippen LogP contribution in [0.25, 0.3) is 0 Å². The van der Waals surface area contributed by atoms with Gasteiger partial charge in [-0.25, -0.2) is 0 Å². The highest BCUT2D eigenvalue weighted by molar-refractivity contribution is 5.77. The van der Waals surface area contributed by atoms with E-state index in [2.05, 4.69) is 0 Å². The van der Waals surface area contributed by atoms with Crippen LogP contribution in [0.15, 0.2) is 24.3 Å². The second-order valence-corrected chi connectivity index (χ2v) is 4.11. The maximum absolute atomic E-state index is 11.5. The van der Waals surface area contributed by atoms with Crippen LogP contribution in [0.3, 0.4) is 0 Å². The normalized spacial score (nSPS) is 11.9. The average Bonchev–Trinajstić information content (AvgIpc) is 2.36. The second-order valence-electron chi connectivity index (χ2n) is 4.11. The topological polar surface area (TPSA) is 63.6 Å². The fraction of sp³-hybridized carbons (Fsp3) is 0.429. The minimum Gasteiger partial charge on any atom is -0.481 e. The Kier molecular flexibility index (Phi) is 5.36. The molecule has 0 amide bonds. The van der Waals surface area contributed by atoms with Gasteiger partial charge in [0.1, 0.15) is 0 Å². The monoisotopic (exact) mass is 250 g/mol. The highest BCUT2D eigenvalue weighted by atomic mass is 16.5. The van der Waals surface area contributed by atoms with Gasteiger partial charge >= 0.3 is 11.9 Å². The standard InChI is InChI=1S/C14H18O4/c1-3-18-14(17)10(2)12-7-4-11(5-8-12)6-9-13(15)16/h4-5,7-8,10H,3,6,9H2,1-2H3,(H,15,16)/t10-/m0/s1. The molecule has 0 unspecified atom stereocenters. The third-order valence-corrected chi connectivity index (χ3v) is 2.75. The number of ether oxygens (including phenoxy) is 1. The molecule has 0 aliphatic carbocycles. The molecule has 98 valence electrons. The van der Waals surface area contributed by atoms with E-state index in [1.54, 1.807) is 13.8 Å². The van der Waals surface area contributed by atoms with Gasteiger partial charge in [0.25, 0.3) is 0 Å². The first kappa shape index (κ1) is 14.2. The van der Waals surface area contributed by atoms with Crippen molar-refractivity contribution in [1.29, 1.82) is 0 Å². The van der Waals surface area contributed by atoms with Crippen molar-refractivity contribution in [2.24, 2.45) is 0 Å². The molecule has 1 N–H and O–H groups in total. The molecule has 0 saturated carbocycles. The second kappa shape index (κ2) is 6.79. The first-order valence-corrected chi connectivity index (χ1v) is 6.01. The van der Waals surface area contributed by atoms with Gasteiger partial charge in [-0.05, 0) is 31.4 Å². The largest absolute Gasteiger partial charge is 0.481 e. The molecule has 4 nitrogen and oxygen atoms in total. The lowest BCUT2D eigenvalue weighted by Crippen LogP contribution is -2.12. The lowest BCUT2D eigenvalue weighted by atomic mass is 9.99. The van der Waals surface area contributed by atoms with Crippen molar-refractivity contribution in [2.75, 3.05) is 6.61 Å². The molecule has 0 spiro atoms. The smallest absolute Gasteiger partial charge is 0.313 e. The summed E-state index contributed by atoms with van der Waals surface area (Å²) < 4.78 is 4.95. The van der Waals surface area contributed by atoms with Crippen LogP contribution in [0.1, 0.15) is 37.3 Å². The fourth-order valence-corrected chi connectivity index (χ4v) is 1.63. The summed E-state index contributed by atoms with van der Waals surface area (Å²) >= 11 is 0. The molecule has 1 aromatic carbocycles. The van der Waals surface area contributed by atoms with E-state index in [0.717, 1.165) is 11.1 Å².